The van der Waals surface area contributed by atoms with Gasteiger partial charge in [-0.2, -0.15) is 0 Å². The lowest BCUT2D eigenvalue weighted by Gasteiger charge is -2.03. The highest BCUT2D eigenvalue weighted by atomic mass is 16.4. The van der Waals surface area contributed by atoms with Gasteiger partial charge in [0.25, 0.3) is 0 Å². The third-order valence-electron chi connectivity index (χ3n) is 6.80. The molecule has 0 saturated carbocycles. The van der Waals surface area contributed by atoms with Gasteiger partial charge >= 0.3 is 5.97 Å². The first-order chi connectivity index (χ1) is 16.7. The lowest BCUT2D eigenvalue weighted by Crippen LogP contribution is -1.97. The maximum Gasteiger partial charge on any atom is 0.303 e. The molecule has 0 saturated heterocycles. The van der Waals surface area contributed by atoms with Gasteiger partial charge in [0.05, 0.1) is 0 Å². The number of aliphatic carboxylic acids is 1. The average Bonchev–Trinajstić information content (AvgIpc) is 2.83. The summed E-state index contributed by atoms with van der Waals surface area (Å²) >= 11 is 0. The first kappa shape index (κ1) is 35.6. The lowest BCUT2D eigenvalue weighted by atomic mass is 10.0. The van der Waals surface area contributed by atoms with E-state index in [-0.39, 0.29) is 0 Å². The number of carbonyl (C=O) groups is 1. The normalized spacial score (nSPS) is 10.8. The Labute approximate surface area is 215 Å². The van der Waals surface area contributed by atoms with E-state index in [0.29, 0.717) is 6.42 Å². The van der Waals surface area contributed by atoms with Crippen molar-refractivity contribution in [1.82, 2.24) is 0 Å². The van der Waals surface area contributed by atoms with Crippen LogP contribution in [0.15, 0.2) is 0 Å². The number of carboxylic acid groups (broad SMARTS) is 1. The molecule has 206 valence electrons. The van der Waals surface area contributed by atoms with Crippen molar-refractivity contribution >= 4 is 5.97 Å². The van der Waals surface area contributed by atoms with Crippen molar-refractivity contribution in [2.45, 2.75) is 187 Å². The number of rotatable bonds is 27. The third-order valence-corrected chi connectivity index (χ3v) is 6.80. The molecule has 3 nitrogen and oxygen atoms in total. The van der Waals surface area contributed by atoms with Crippen molar-refractivity contribution in [3.8, 4) is 0 Å². The van der Waals surface area contributed by atoms with Crippen LogP contribution in [-0.2, 0) is 4.79 Å². The minimum Gasteiger partial charge on any atom is -0.481 e. The van der Waals surface area contributed by atoms with E-state index in [0.717, 1.165) is 19.4 Å². The summed E-state index contributed by atoms with van der Waals surface area (Å²) in [5.41, 5.74) is 5.44. The number of carboxylic acids is 1. The van der Waals surface area contributed by atoms with Crippen LogP contribution in [0.2, 0.25) is 0 Å². The summed E-state index contributed by atoms with van der Waals surface area (Å²) < 4.78 is 0. The SMILES string of the molecule is CCCCCCCCCCCCCCCCCC(=O)O.CCCCCCCCCCCCCN. The summed E-state index contributed by atoms with van der Waals surface area (Å²) in [4.78, 5) is 10.3. The van der Waals surface area contributed by atoms with Crippen LogP contribution in [0.5, 0.6) is 0 Å². The standard InChI is InChI=1S/C18H36O2.C13H29N/c1-2-3-4-5-6-7-8-9-10-11-12-13-14-15-16-17-18(19)20;1-2-3-4-5-6-7-8-9-10-11-12-13-14/h2-17H2,1H3,(H,19,20);2-14H2,1H3. The fourth-order valence-electron chi connectivity index (χ4n) is 4.46. The summed E-state index contributed by atoms with van der Waals surface area (Å²) in [6.07, 6.45) is 35.6. The number of unbranched alkanes of at least 4 members (excludes halogenated alkanes) is 24. The zero-order chi connectivity index (χ0) is 25.4. The molecule has 3 heteroatoms. The maximum absolute atomic E-state index is 10.3. The van der Waals surface area contributed by atoms with Crippen molar-refractivity contribution < 1.29 is 9.90 Å². The summed E-state index contributed by atoms with van der Waals surface area (Å²) in [6.45, 7) is 5.42. The molecule has 0 unspecified atom stereocenters. The van der Waals surface area contributed by atoms with Crippen LogP contribution < -0.4 is 5.73 Å². The number of nitrogens with two attached hydrogens (primary N) is 1. The Bertz CT molecular complexity index is 347. The second-order valence-corrected chi connectivity index (χ2v) is 10.4. The van der Waals surface area contributed by atoms with Crippen LogP contribution in [0.1, 0.15) is 187 Å². The molecule has 0 aliphatic heterocycles. The molecule has 0 aliphatic rings. The molecule has 0 amide bonds. The molecule has 0 atom stereocenters. The summed E-state index contributed by atoms with van der Waals surface area (Å²) in [5.74, 6) is -0.653. The lowest BCUT2D eigenvalue weighted by molar-refractivity contribution is -0.137. The van der Waals surface area contributed by atoms with Crippen molar-refractivity contribution in [1.29, 1.82) is 0 Å². The molecule has 0 fully saturated rings. The van der Waals surface area contributed by atoms with Gasteiger partial charge in [-0.1, -0.05) is 168 Å². The molecular weight excluding hydrogens is 418 g/mol. The van der Waals surface area contributed by atoms with Gasteiger partial charge in [0.15, 0.2) is 0 Å². The van der Waals surface area contributed by atoms with Crippen LogP contribution >= 0.6 is 0 Å². The van der Waals surface area contributed by atoms with Gasteiger partial charge in [0.1, 0.15) is 0 Å². The maximum atomic E-state index is 10.3. The molecular formula is C31H65NO2. The Morgan fingerprint density at radius 3 is 0.912 bits per heavy atom. The molecule has 0 aromatic carbocycles. The quantitative estimate of drug-likeness (QED) is 0.114. The van der Waals surface area contributed by atoms with Crippen LogP contribution in [0, 0.1) is 0 Å². The predicted octanol–water partition coefficient (Wildman–Crippen LogP) is 10.6. The van der Waals surface area contributed by atoms with Crippen LogP contribution in [-0.4, -0.2) is 17.6 Å². The Morgan fingerprint density at radius 2 is 0.676 bits per heavy atom. The van der Waals surface area contributed by atoms with Crippen molar-refractivity contribution in [3.63, 3.8) is 0 Å². The topological polar surface area (TPSA) is 63.3 Å². The highest BCUT2D eigenvalue weighted by molar-refractivity contribution is 5.66. The molecule has 0 bridgehead atoms. The first-order valence-corrected chi connectivity index (χ1v) is 15.6. The minimum absolute atomic E-state index is 0.345. The molecule has 0 spiro atoms. The van der Waals surface area contributed by atoms with E-state index in [2.05, 4.69) is 13.8 Å². The van der Waals surface area contributed by atoms with Gasteiger partial charge in [0.2, 0.25) is 0 Å². The summed E-state index contributed by atoms with van der Waals surface area (Å²) in [5, 5.41) is 8.52. The largest absolute Gasteiger partial charge is 0.481 e. The fourth-order valence-corrected chi connectivity index (χ4v) is 4.46. The van der Waals surface area contributed by atoms with Gasteiger partial charge in [-0.3, -0.25) is 4.79 Å². The van der Waals surface area contributed by atoms with Crippen molar-refractivity contribution in [2.75, 3.05) is 6.54 Å². The zero-order valence-corrected chi connectivity index (χ0v) is 23.7. The molecule has 3 N–H and O–H groups in total. The highest BCUT2D eigenvalue weighted by Gasteiger charge is 1.97. The Hall–Kier alpha value is -0.570. The predicted molar refractivity (Wildman–Crippen MR) is 153 cm³/mol. The Balaban J connectivity index is 0. The molecule has 34 heavy (non-hydrogen) atoms. The zero-order valence-electron chi connectivity index (χ0n) is 23.7. The van der Waals surface area contributed by atoms with Gasteiger partial charge in [-0.25, -0.2) is 0 Å². The first-order valence-electron chi connectivity index (χ1n) is 15.6. The van der Waals surface area contributed by atoms with Crippen molar-refractivity contribution in [2.24, 2.45) is 5.73 Å². The minimum atomic E-state index is -0.653. The molecule has 0 aromatic rings. The second-order valence-electron chi connectivity index (χ2n) is 10.4. The van der Waals surface area contributed by atoms with Crippen LogP contribution in [0.25, 0.3) is 0 Å². The third kappa shape index (κ3) is 38.7. The van der Waals surface area contributed by atoms with E-state index in [1.807, 2.05) is 0 Å². The van der Waals surface area contributed by atoms with E-state index in [4.69, 9.17) is 10.8 Å². The van der Waals surface area contributed by atoms with Crippen LogP contribution in [0.4, 0.5) is 0 Å². The van der Waals surface area contributed by atoms with E-state index < -0.39 is 5.97 Å². The van der Waals surface area contributed by atoms with Gasteiger partial charge in [0, 0.05) is 6.42 Å². The van der Waals surface area contributed by atoms with Gasteiger partial charge < -0.3 is 10.8 Å². The molecule has 0 aromatic heterocycles. The van der Waals surface area contributed by atoms with Gasteiger partial charge in [-0.05, 0) is 19.4 Å². The number of hydrogen-bond acceptors (Lipinski definition) is 2. The molecule has 0 rings (SSSR count). The Kier molecular flexibility index (Phi) is 36.2. The molecule has 0 heterocycles. The molecule has 0 radical (unpaired) electrons. The molecule has 0 aliphatic carbocycles. The monoisotopic (exact) mass is 484 g/mol. The second kappa shape index (κ2) is 34.6. The van der Waals surface area contributed by atoms with E-state index in [9.17, 15) is 4.79 Å². The highest BCUT2D eigenvalue weighted by Crippen LogP contribution is 2.14. The van der Waals surface area contributed by atoms with E-state index in [1.54, 1.807) is 0 Å². The van der Waals surface area contributed by atoms with Crippen molar-refractivity contribution in [3.05, 3.63) is 0 Å². The average molecular weight is 484 g/mol. The van der Waals surface area contributed by atoms with E-state index >= 15 is 0 Å². The smallest absolute Gasteiger partial charge is 0.303 e. The van der Waals surface area contributed by atoms with Crippen LogP contribution in [0.3, 0.4) is 0 Å². The summed E-state index contributed by atoms with van der Waals surface area (Å²) in [7, 11) is 0. The van der Waals surface area contributed by atoms with Gasteiger partial charge in [-0.15, -0.1) is 0 Å². The summed E-state index contributed by atoms with van der Waals surface area (Å²) in [6, 6.07) is 0. The Morgan fingerprint density at radius 1 is 0.441 bits per heavy atom. The van der Waals surface area contributed by atoms with E-state index in [1.165, 1.54) is 154 Å². The fraction of sp³-hybridized carbons (Fsp3) is 0.968. The number of hydrogen-bond donors (Lipinski definition) is 2.